The van der Waals surface area contributed by atoms with Gasteiger partial charge in [-0.2, -0.15) is 0 Å². The van der Waals surface area contributed by atoms with Crippen LogP contribution in [0.15, 0.2) is 5.70 Å². The average molecular weight is 153 g/mol. The van der Waals surface area contributed by atoms with Crippen LogP contribution in [0.25, 0.3) is 0 Å². The van der Waals surface area contributed by atoms with E-state index in [2.05, 4.69) is 5.32 Å². The second-order valence-corrected chi connectivity index (χ2v) is 2.52. The van der Waals surface area contributed by atoms with Crippen LogP contribution in [0.3, 0.4) is 0 Å². The van der Waals surface area contributed by atoms with Crippen molar-refractivity contribution < 1.29 is 9.59 Å². The zero-order chi connectivity index (χ0) is 8.27. The second-order valence-electron chi connectivity index (χ2n) is 2.52. The lowest BCUT2D eigenvalue weighted by molar-refractivity contribution is -0.122. The SMILES string of the molecule is NC(=O)C1CC[N]C(=C=O)C1. The molecule has 59 valence electrons. The molecule has 1 fully saturated rings. The van der Waals surface area contributed by atoms with Gasteiger partial charge >= 0.3 is 0 Å². The summed E-state index contributed by atoms with van der Waals surface area (Å²) in [6, 6.07) is 0. The highest BCUT2D eigenvalue weighted by atomic mass is 16.1. The summed E-state index contributed by atoms with van der Waals surface area (Å²) in [6.45, 7) is 0.512. The Morgan fingerprint density at radius 2 is 2.45 bits per heavy atom. The molecule has 1 atom stereocenters. The van der Waals surface area contributed by atoms with Gasteiger partial charge in [0.05, 0.1) is 0 Å². The molecule has 0 aliphatic carbocycles. The minimum absolute atomic E-state index is 0.219. The number of rotatable bonds is 1. The van der Waals surface area contributed by atoms with Crippen LogP contribution in [0.1, 0.15) is 12.8 Å². The molecule has 1 amide bonds. The van der Waals surface area contributed by atoms with Gasteiger partial charge in [0, 0.05) is 18.9 Å². The number of allylic oxidation sites excluding steroid dienone is 1. The van der Waals surface area contributed by atoms with Crippen molar-refractivity contribution in [2.75, 3.05) is 6.54 Å². The van der Waals surface area contributed by atoms with Crippen LogP contribution in [0.4, 0.5) is 0 Å². The lowest BCUT2D eigenvalue weighted by Crippen LogP contribution is -2.31. The van der Waals surface area contributed by atoms with Crippen molar-refractivity contribution in [2.45, 2.75) is 12.8 Å². The fraction of sp³-hybridized carbons (Fsp3) is 0.571. The second kappa shape index (κ2) is 3.21. The van der Waals surface area contributed by atoms with Crippen LogP contribution in [0.2, 0.25) is 0 Å². The highest BCUT2D eigenvalue weighted by molar-refractivity contribution is 5.77. The Balaban J connectivity index is 2.60. The van der Waals surface area contributed by atoms with Gasteiger partial charge in [0.2, 0.25) is 5.91 Å². The third-order valence-corrected chi connectivity index (χ3v) is 1.74. The Kier molecular flexibility index (Phi) is 2.28. The van der Waals surface area contributed by atoms with E-state index in [9.17, 15) is 9.59 Å². The number of amides is 1. The zero-order valence-corrected chi connectivity index (χ0v) is 6.04. The molecule has 0 spiro atoms. The molecule has 1 saturated heterocycles. The number of piperidine rings is 1. The van der Waals surface area contributed by atoms with E-state index in [1.165, 1.54) is 0 Å². The van der Waals surface area contributed by atoms with E-state index in [1.807, 2.05) is 0 Å². The van der Waals surface area contributed by atoms with Crippen molar-refractivity contribution in [3.05, 3.63) is 5.70 Å². The van der Waals surface area contributed by atoms with E-state index in [-0.39, 0.29) is 11.8 Å². The number of carbonyl (C=O) groups is 1. The summed E-state index contributed by atoms with van der Waals surface area (Å²) in [4.78, 5) is 20.8. The van der Waals surface area contributed by atoms with Gasteiger partial charge in [0.1, 0.15) is 11.6 Å². The van der Waals surface area contributed by atoms with Gasteiger partial charge in [0.15, 0.2) is 0 Å². The molecule has 4 nitrogen and oxygen atoms in total. The number of hydrogen-bond acceptors (Lipinski definition) is 2. The first kappa shape index (κ1) is 7.82. The molecule has 1 aliphatic rings. The molecule has 0 aromatic carbocycles. The van der Waals surface area contributed by atoms with Crippen LogP contribution in [0, 0.1) is 5.92 Å². The summed E-state index contributed by atoms with van der Waals surface area (Å²) >= 11 is 0. The Morgan fingerprint density at radius 1 is 1.73 bits per heavy atom. The monoisotopic (exact) mass is 153 g/mol. The molecule has 4 heteroatoms. The van der Waals surface area contributed by atoms with Crippen molar-refractivity contribution in [3.8, 4) is 0 Å². The number of nitrogens with two attached hydrogens (primary N) is 1. The lowest BCUT2D eigenvalue weighted by atomic mass is 9.96. The van der Waals surface area contributed by atoms with Crippen molar-refractivity contribution in [1.29, 1.82) is 0 Å². The molecule has 1 radical (unpaired) electrons. The number of primary amides is 1. The fourth-order valence-corrected chi connectivity index (χ4v) is 1.07. The molecule has 2 N–H and O–H groups in total. The van der Waals surface area contributed by atoms with Crippen LogP contribution in [-0.4, -0.2) is 18.4 Å². The third-order valence-electron chi connectivity index (χ3n) is 1.74. The van der Waals surface area contributed by atoms with Gasteiger partial charge in [-0.05, 0) is 6.42 Å². The summed E-state index contributed by atoms with van der Waals surface area (Å²) in [5, 5.41) is 3.87. The topological polar surface area (TPSA) is 74.3 Å². The zero-order valence-electron chi connectivity index (χ0n) is 6.04. The Bertz CT molecular complexity index is 218. The number of nitrogens with zero attached hydrogens (tertiary/aromatic N) is 1. The Morgan fingerprint density at radius 3 is 3.00 bits per heavy atom. The van der Waals surface area contributed by atoms with Gasteiger partial charge < -0.3 is 5.73 Å². The first-order chi connectivity index (χ1) is 5.24. The normalized spacial score (nSPS) is 23.6. The summed E-state index contributed by atoms with van der Waals surface area (Å²) < 4.78 is 0. The van der Waals surface area contributed by atoms with E-state index in [4.69, 9.17) is 5.73 Å². The van der Waals surface area contributed by atoms with Crippen molar-refractivity contribution in [1.82, 2.24) is 5.32 Å². The summed E-state index contributed by atoms with van der Waals surface area (Å²) in [7, 11) is 0. The summed E-state index contributed by atoms with van der Waals surface area (Å²) in [5.41, 5.74) is 5.39. The first-order valence-corrected chi connectivity index (χ1v) is 3.45. The average Bonchev–Trinajstić information content (AvgIpc) is 2.05. The van der Waals surface area contributed by atoms with Gasteiger partial charge in [-0.25, -0.2) is 4.79 Å². The fourth-order valence-electron chi connectivity index (χ4n) is 1.07. The van der Waals surface area contributed by atoms with Gasteiger partial charge in [0.25, 0.3) is 0 Å². The molecule has 0 aromatic heterocycles. The molecular weight excluding hydrogens is 144 g/mol. The molecule has 1 rings (SSSR count). The van der Waals surface area contributed by atoms with Crippen molar-refractivity contribution in [2.24, 2.45) is 11.7 Å². The molecule has 1 heterocycles. The van der Waals surface area contributed by atoms with Crippen LogP contribution >= 0.6 is 0 Å². The lowest BCUT2D eigenvalue weighted by Gasteiger charge is -2.18. The highest BCUT2D eigenvalue weighted by Crippen LogP contribution is 2.17. The van der Waals surface area contributed by atoms with E-state index in [0.29, 0.717) is 25.1 Å². The minimum atomic E-state index is -0.354. The summed E-state index contributed by atoms with van der Waals surface area (Å²) in [6.07, 6.45) is 1.01. The standard InChI is InChI=1S/C7H9N2O2/c8-7(11)5-1-2-9-6(3-5)4-10/h5H,1-3H2,(H2,8,11). The molecular formula is C7H9N2O2. The maximum absolute atomic E-state index is 10.7. The molecule has 0 aromatic rings. The maximum Gasteiger partial charge on any atom is 0.221 e. The minimum Gasteiger partial charge on any atom is -0.369 e. The van der Waals surface area contributed by atoms with Gasteiger partial charge in [-0.15, -0.1) is 0 Å². The first-order valence-electron chi connectivity index (χ1n) is 3.45. The predicted molar refractivity (Wildman–Crippen MR) is 38.1 cm³/mol. The maximum atomic E-state index is 10.7. The number of carbonyl (C=O) groups excluding carboxylic acids is 2. The van der Waals surface area contributed by atoms with Crippen LogP contribution in [-0.2, 0) is 9.59 Å². The van der Waals surface area contributed by atoms with Crippen molar-refractivity contribution in [3.63, 3.8) is 0 Å². The Hall–Kier alpha value is -1.28. The van der Waals surface area contributed by atoms with Gasteiger partial charge in [-0.3, -0.25) is 10.1 Å². The number of hydrogen-bond donors (Lipinski definition) is 1. The predicted octanol–water partition coefficient (Wildman–Crippen LogP) is -0.798. The van der Waals surface area contributed by atoms with Crippen LogP contribution < -0.4 is 11.1 Å². The highest BCUT2D eigenvalue weighted by Gasteiger charge is 2.22. The van der Waals surface area contributed by atoms with Crippen LogP contribution in [0.5, 0.6) is 0 Å². The van der Waals surface area contributed by atoms with E-state index in [0.717, 1.165) is 0 Å². The smallest absolute Gasteiger partial charge is 0.221 e. The molecule has 0 saturated carbocycles. The molecule has 0 bridgehead atoms. The summed E-state index contributed by atoms with van der Waals surface area (Å²) in [5.74, 6) is 1.11. The largest absolute Gasteiger partial charge is 0.369 e. The third kappa shape index (κ3) is 1.82. The van der Waals surface area contributed by atoms with Gasteiger partial charge in [-0.1, -0.05) is 0 Å². The van der Waals surface area contributed by atoms with E-state index >= 15 is 0 Å². The Labute approximate surface area is 64.4 Å². The molecule has 1 unspecified atom stereocenters. The van der Waals surface area contributed by atoms with E-state index in [1.54, 1.807) is 5.94 Å². The molecule has 1 aliphatic heterocycles. The quantitative estimate of drug-likeness (QED) is 0.501. The molecule has 11 heavy (non-hydrogen) atoms. The van der Waals surface area contributed by atoms with Crippen molar-refractivity contribution >= 4 is 11.8 Å². The van der Waals surface area contributed by atoms with E-state index < -0.39 is 0 Å².